The minimum absolute atomic E-state index is 0.0785. The van der Waals surface area contributed by atoms with Crippen molar-refractivity contribution in [3.8, 4) is 0 Å². The van der Waals surface area contributed by atoms with Gasteiger partial charge in [0.1, 0.15) is 0 Å². The number of primary amides is 1. The molecule has 206 valence electrons. The first-order valence-electron chi connectivity index (χ1n) is 13.1. The number of fused-ring (bicyclic) bond motifs is 1. The van der Waals surface area contributed by atoms with Crippen LogP contribution in [0.25, 0.3) is 22.7 Å². The number of aryl methyl sites for hydroxylation is 1. The molecule has 0 radical (unpaired) electrons. The minimum atomic E-state index is -0.461. The molecule has 0 aliphatic carbocycles. The van der Waals surface area contributed by atoms with E-state index in [1.165, 1.54) is 11.3 Å². The zero-order valence-corrected chi connectivity index (χ0v) is 23.5. The number of nitrogens with zero attached hydrogens (tertiary/aromatic N) is 3. The molecule has 2 aromatic heterocycles. The summed E-state index contributed by atoms with van der Waals surface area (Å²) in [7, 11) is 1.70. The summed E-state index contributed by atoms with van der Waals surface area (Å²) in [6.45, 7) is 2.26. The third-order valence-electron chi connectivity index (χ3n) is 6.65. The first-order chi connectivity index (χ1) is 19.8. The third kappa shape index (κ3) is 6.26. The van der Waals surface area contributed by atoms with Gasteiger partial charge in [0.25, 0.3) is 11.8 Å². The number of hydrogen-bond acceptors (Lipinski definition) is 5. The average Bonchev–Trinajstić information content (AvgIpc) is 3.61. The van der Waals surface area contributed by atoms with Gasteiger partial charge in [0, 0.05) is 36.1 Å². The zero-order valence-electron chi connectivity index (χ0n) is 22.7. The lowest BCUT2D eigenvalue weighted by atomic mass is 10.1. The van der Waals surface area contributed by atoms with Gasteiger partial charge >= 0.3 is 0 Å². The Hall–Kier alpha value is -5.02. The summed E-state index contributed by atoms with van der Waals surface area (Å²) in [5.74, 6) is -0.623. The molecule has 0 fully saturated rings. The molecule has 3 N–H and O–H groups in total. The maximum Gasteiger partial charge on any atom is 0.268 e. The highest BCUT2D eigenvalue weighted by Gasteiger charge is 2.19. The number of benzene rings is 3. The summed E-state index contributed by atoms with van der Waals surface area (Å²) in [5, 5.41) is 2.91. The van der Waals surface area contributed by atoms with Gasteiger partial charge in [-0.15, -0.1) is 11.3 Å². The van der Waals surface area contributed by atoms with Crippen molar-refractivity contribution in [2.45, 2.75) is 19.9 Å². The Morgan fingerprint density at radius 1 is 0.951 bits per heavy atom. The minimum Gasteiger partial charge on any atom is -0.370 e. The number of imidazole rings is 1. The van der Waals surface area contributed by atoms with Crippen LogP contribution < -0.4 is 16.0 Å². The van der Waals surface area contributed by atoms with Crippen molar-refractivity contribution in [1.29, 1.82) is 0 Å². The van der Waals surface area contributed by atoms with Crippen molar-refractivity contribution in [3.63, 3.8) is 0 Å². The predicted octanol–water partition coefficient (Wildman–Crippen LogP) is 6.06. The highest BCUT2D eigenvalue weighted by Crippen LogP contribution is 2.29. The van der Waals surface area contributed by atoms with Crippen LogP contribution >= 0.6 is 11.3 Å². The van der Waals surface area contributed by atoms with Gasteiger partial charge in [-0.3, -0.25) is 19.7 Å². The van der Waals surface area contributed by atoms with Gasteiger partial charge in [0.15, 0.2) is 0 Å². The lowest BCUT2D eigenvalue weighted by molar-refractivity contribution is -0.118. The van der Waals surface area contributed by atoms with Crippen molar-refractivity contribution in [2.75, 3.05) is 17.3 Å². The maximum atomic E-state index is 13.3. The van der Waals surface area contributed by atoms with E-state index in [2.05, 4.69) is 16.4 Å². The standard InChI is InChI=1S/C32H29N5O3S/c1-21(19-22-9-5-3-6-10-22)27-15-16-28(41-27)30(39)35-32-34-25-20-24(13-14-26(25)37(32)18-17-29(33)38)36(2)31(40)23-11-7-4-8-12-23/h3-16,19-20H,17-18H2,1-2H3,(H2,33,38)(H,34,35,39)/b21-19+. The molecule has 5 rings (SSSR count). The maximum absolute atomic E-state index is 13.3. The molecule has 0 saturated carbocycles. The summed E-state index contributed by atoms with van der Waals surface area (Å²) < 4.78 is 1.76. The molecule has 0 aliphatic heterocycles. The first-order valence-corrected chi connectivity index (χ1v) is 13.9. The monoisotopic (exact) mass is 563 g/mol. The highest BCUT2D eigenvalue weighted by molar-refractivity contribution is 7.15. The largest absolute Gasteiger partial charge is 0.370 e. The van der Waals surface area contributed by atoms with E-state index >= 15 is 0 Å². The molecule has 0 bridgehead atoms. The van der Waals surface area contributed by atoms with Gasteiger partial charge in [-0.05, 0) is 60.5 Å². The molecule has 0 aliphatic rings. The highest BCUT2D eigenvalue weighted by atomic mass is 32.1. The number of thiophene rings is 1. The van der Waals surface area contributed by atoms with Crippen molar-refractivity contribution in [1.82, 2.24) is 9.55 Å². The Morgan fingerprint density at radius 3 is 2.34 bits per heavy atom. The second-order valence-corrected chi connectivity index (χ2v) is 10.6. The van der Waals surface area contributed by atoms with Crippen LogP contribution in [-0.2, 0) is 11.3 Å². The van der Waals surface area contributed by atoms with Crippen molar-refractivity contribution < 1.29 is 14.4 Å². The number of amides is 3. The number of carbonyl (C=O) groups is 3. The van der Waals surface area contributed by atoms with Crippen LogP contribution in [0.5, 0.6) is 0 Å². The molecule has 3 amide bonds. The molecule has 0 atom stereocenters. The number of nitrogens with two attached hydrogens (primary N) is 1. The van der Waals surface area contributed by atoms with E-state index in [9.17, 15) is 14.4 Å². The van der Waals surface area contributed by atoms with Crippen LogP contribution in [0, 0.1) is 0 Å². The van der Waals surface area contributed by atoms with Crippen LogP contribution in [-0.4, -0.2) is 34.3 Å². The Labute approximate surface area is 241 Å². The number of allylic oxidation sites excluding steroid dienone is 1. The van der Waals surface area contributed by atoms with Gasteiger partial charge < -0.3 is 15.2 Å². The number of rotatable bonds is 9. The molecule has 9 heteroatoms. The Bertz CT molecular complexity index is 1760. The average molecular weight is 564 g/mol. The number of nitrogens with one attached hydrogen (secondary N) is 1. The van der Waals surface area contributed by atoms with Crippen LogP contribution in [0.3, 0.4) is 0 Å². The molecule has 0 saturated heterocycles. The Morgan fingerprint density at radius 2 is 1.63 bits per heavy atom. The number of anilines is 2. The SMILES string of the molecule is C/C(=C\c1ccccc1)c1ccc(C(=O)Nc2nc3cc(N(C)C(=O)c4ccccc4)ccc3n2CCC(N)=O)s1. The van der Waals surface area contributed by atoms with E-state index in [4.69, 9.17) is 5.73 Å². The lowest BCUT2D eigenvalue weighted by Gasteiger charge is -2.17. The zero-order chi connectivity index (χ0) is 28.9. The molecule has 5 aromatic rings. The summed E-state index contributed by atoms with van der Waals surface area (Å²) in [5.41, 5.74) is 10.1. The predicted molar refractivity (Wildman–Crippen MR) is 165 cm³/mol. The van der Waals surface area contributed by atoms with Crippen LogP contribution in [0.4, 0.5) is 11.6 Å². The van der Waals surface area contributed by atoms with Crippen molar-refractivity contribution in [2.24, 2.45) is 5.73 Å². The fourth-order valence-corrected chi connectivity index (χ4v) is 5.34. The molecule has 3 aromatic carbocycles. The number of carbonyl (C=O) groups excluding carboxylic acids is 3. The second-order valence-electron chi connectivity index (χ2n) is 9.56. The smallest absolute Gasteiger partial charge is 0.268 e. The normalized spacial score (nSPS) is 11.4. The molecule has 0 unspecified atom stereocenters. The van der Waals surface area contributed by atoms with Gasteiger partial charge in [-0.1, -0.05) is 54.6 Å². The van der Waals surface area contributed by atoms with Gasteiger partial charge in [0.05, 0.1) is 15.9 Å². The summed E-state index contributed by atoms with van der Waals surface area (Å²) in [6, 6.07) is 28.2. The fourth-order valence-electron chi connectivity index (χ4n) is 4.47. The molecule has 41 heavy (non-hydrogen) atoms. The van der Waals surface area contributed by atoms with E-state index in [1.807, 2.05) is 73.7 Å². The van der Waals surface area contributed by atoms with Crippen LogP contribution in [0.15, 0.2) is 91.0 Å². The molecule has 0 spiro atoms. The molecular formula is C32H29N5O3S. The van der Waals surface area contributed by atoms with Crippen molar-refractivity contribution in [3.05, 3.63) is 112 Å². The quantitative estimate of drug-likeness (QED) is 0.227. The van der Waals surface area contributed by atoms with E-state index in [-0.39, 0.29) is 24.8 Å². The third-order valence-corrected chi connectivity index (χ3v) is 7.87. The molecule has 8 nitrogen and oxygen atoms in total. The van der Waals surface area contributed by atoms with Crippen LogP contribution in [0.2, 0.25) is 0 Å². The van der Waals surface area contributed by atoms with Gasteiger partial charge in [-0.25, -0.2) is 4.98 Å². The summed E-state index contributed by atoms with van der Waals surface area (Å²) in [4.78, 5) is 45.6. The second kappa shape index (κ2) is 12.0. The van der Waals surface area contributed by atoms with E-state index in [0.717, 1.165) is 16.0 Å². The lowest BCUT2D eigenvalue weighted by Crippen LogP contribution is -2.26. The fraction of sp³-hybridized carbons (Fsp3) is 0.125. The number of aromatic nitrogens is 2. The molecule has 2 heterocycles. The first kappa shape index (κ1) is 27.5. The Balaban J connectivity index is 1.41. The molecular weight excluding hydrogens is 534 g/mol. The summed E-state index contributed by atoms with van der Waals surface area (Å²) in [6.07, 6.45) is 2.16. The van der Waals surface area contributed by atoms with E-state index < -0.39 is 5.91 Å². The number of hydrogen-bond donors (Lipinski definition) is 2. The van der Waals surface area contributed by atoms with E-state index in [0.29, 0.717) is 33.1 Å². The van der Waals surface area contributed by atoms with Gasteiger partial charge in [0.2, 0.25) is 11.9 Å². The Kier molecular flexibility index (Phi) is 8.07. The van der Waals surface area contributed by atoms with Crippen LogP contribution in [0.1, 0.15) is 43.8 Å². The van der Waals surface area contributed by atoms with E-state index in [1.54, 1.807) is 40.8 Å². The van der Waals surface area contributed by atoms with Gasteiger partial charge in [-0.2, -0.15) is 0 Å². The van der Waals surface area contributed by atoms with Crippen molar-refractivity contribution >= 4 is 63.4 Å². The topological polar surface area (TPSA) is 110 Å². The summed E-state index contributed by atoms with van der Waals surface area (Å²) >= 11 is 1.39.